The predicted molar refractivity (Wildman–Crippen MR) is 59.9 cm³/mol. The summed E-state index contributed by atoms with van der Waals surface area (Å²) in [5.74, 6) is 0. The molecule has 0 spiro atoms. The first-order valence-corrected chi connectivity index (χ1v) is 5.28. The second kappa shape index (κ2) is 14.0. The molecule has 0 atom stereocenters. The molecule has 0 saturated carbocycles. The molecule has 0 unspecified atom stereocenters. The summed E-state index contributed by atoms with van der Waals surface area (Å²) < 4.78 is 0. The summed E-state index contributed by atoms with van der Waals surface area (Å²) in [6, 6.07) is 0. The lowest BCUT2D eigenvalue weighted by Gasteiger charge is -2.05. The van der Waals surface area contributed by atoms with E-state index in [0.717, 1.165) is 6.29 Å². The lowest BCUT2D eigenvalue weighted by Crippen LogP contribution is -1.85. The Hall–Kier alpha value is -0.590. The molecule has 0 N–H and O–H groups in total. The zero-order valence-electron chi connectivity index (χ0n) is 9.60. The molecule has 1 aliphatic rings. The highest BCUT2D eigenvalue weighted by molar-refractivity contribution is 5.44. The standard InChI is InChI=1S/C7H12.C3H8.C2H4O/c1-7-5-3-2-4-6-7;1-3-2;1-2-3/h5H,2-4,6H2,1H3;3H2,1-2H3;2H,1H3. The van der Waals surface area contributed by atoms with Crippen molar-refractivity contribution in [3.8, 4) is 0 Å². The van der Waals surface area contributed by atoms with E-state index in [9.17, 15) is 0 Å². The Bertz CT molecular complexity index is 125. The van der Waals surface area contributed by atoms with Crippen LogP contribution in [0.4, 0.5) is 0 Å². The molecular weight excluding hydrogens is 160 g/mol. The smallest absolute Gasteiger partial charge is 0.116 e. The van der Waals surface area contributed by atoms with E-state index in [2.05, 4.69) is 26.8 Å². The maximum atomic E-state index is 8.81. The van der Waals surface area contributed by atoms with E-state index in [-0.39, 0.29) is 0 Å². The zero-order chi connectivity index (χ0) is 10.5. The first-order valence-electron chi connectivity index (χ1n) is 5.28. The molecular formula is C12H24O. The maximum absolute atomic E-state index is 8.81. The first kappa shape index (κ1) is 14.9. The number of rotatable bonds is 0. The lowest BCUT2D eigenvalue weighted by atomic mass is 10.0. The summed E-state index contributed by atoms with van der Waals surface area (Å²) in [4.78, 5) is 8.81. The molecule has 0 amide bonds. The molecule has 0 aromatic carbocycles. The van der Waals surface area contributed by atoms with E-state index in [0.29, 0.717) is 0 Å². The highest BCUT2D eigenvalue weighted by Crippen LogP contribution is 2.15. The van der Waals surface area contributed by atoms with Crippen molar-refractivity contribution >= 4 is 6.29 Å². The van der Waals surface area contributed by atoms with Crippen molar-refractivity contribution in [2.45, 2.75) is 59.8 Å². The molecule has 1 nitrogen and oxygen atoms in total. The molecule has 1 aliphatic carbocycles. The van der Waals surface area contributed by atoms with Crippen LogP contribution in [0, 0.1) is 0 Å². The minimum atomic E-state index is 0.750. The van der Waals surface area contributed by atoms with Crippen molar-refractivity contribution in [3.05, 3.63) is 11.6 Å². The van der Waals surface area contributed by atoms with Crippen LogP contribution in [0.15, 0.2) is 11.6 Å². The average Bonchev–Trinajstić information content (AvgIpc) is 2.08. The Morgan fingerprint density at radius 3 is 2.00 bits per heavy atom. The van der Waals surface area contributed by atoms with Crippen LogP contribution in [0.3, 0.4) is 0 Å². The monoisotopic (exact) mass is 184 g/mol. The molecule has 13 heavy (non-hydrogen) atoms. The van der Waals surface area contributed by atoms with Crippen LogP contribution in [0.25, 0.3) is 0 Å². The Kier molecular flexibility index (Phi) is 16.0. The van der Waals surface area contributed by atoms with E-state index in [1.165, 1.54) is 39.0 Å². The van der Waals surface area contributed by atoms with Gasteiger partial charge in [0.1, 0.15) is 6.29 Å². The maximum Gasteiger partial charge on any atom is 0.116 e. The molecule has 0 saturated heterocycles. The van der Waals surface area contributed by atoms with E-state index in [1.807, 2.05) is 0 Å². The third kappa shape index (κ3) is 18.4. The van der Waals surface area contributed by atoms with E-state index in [1.54, 1.807) is 5.57 Å². The fourth-order valence-corrected chi connectivity index (χ4v) is 0.999. The van der Waals surface area contributed by atoms with Gasteiger partial charge in [-0.3, -0.25) is 0 Å². The minimum Gasteiger partial charge on any atom is -0.304 e. The lowest BCUT2D eigenvalue weighted by molar-refractivity contribution is -0.106. The second-order valence-electron chi connectivity index (χ2n) is 3.24. The van der Waals surface area contributed by atoms with Gasteiger partial charge in [-0.1, -0.05) is 31.9 Å². The quantitative estimate of drug-likeness (QED) is 0.408. The number of carbonyl (C=O) groups excluding carboxylic acids is 1. The third-order valence-electron chi connectivity index (χ3n) is 1.52. The highest BCUT2D eigenvalue weighted by Gasteiger charge is 1.95. The van der Waals surface area contributed by atoms with Gasteiger partial charge in [0.2, 0.25) is 0 Å². The van der Waals surface area contributed by atoms with Gasteiger partial charge >= 0.3 is 0 Å². The van der Waals surface area contributed by atoms with Crippen LogP contribution in [0.1, 0.15) is 59.8 Å². The summed E-state index contributed by atoms with van der Waals surface area (Å²) in [5.41, 5.74) is 1.59. The number of hydrogen-bond donors (Lipinski definition) is 0. The predicted octanol–water partition coefficient (Wildman–Crippen LogP) is 4.13. The van der Waals surface area contributed by atoms with E-state index in [4.69, 9.17) is 4.79 Å². The van der Waals surface area contributed by atoms with Crippen LogP contribution < -0.4 is 0 Å². The van der Waals surface area contributed by atoms with Crippen molar-refractivity contribution in [3.63, 3.8) is 0 Å². The fraction of sp³-hybridized carbons (Fsp3) is 0.750. The van der Waals surface area contributed by atoms with Gasteiger partial charge in [0, 0.05) is 0 Å². The van der Waals surface area contributed by atoms with Gasteiger partial charge < -0.3 is 4.79 Å². The Balaban J connectivity index is 0. The van der Waals surface area contributed by atoms with Crippen molar-refractivity contribution in [2.24, 2.45) is 0 Å². The second-order valence-corrected chi connectivity index (χ2v) is 3.24. The minimum absolute atomic E-state index is 0.750. The molecule has 0 aliphatic heterocycles. The molecule has 0 heterocycles. The van der Waals surface area contributed by atoms with Crippen LogP contribution >= 0.6 is 0 Å². The van der Waals surface area contributed by atoms with Crippen LogP contribution in [0.2, 0.25) is 0 Å². The largest absolute Gasteiger partial charge is 0.304 e. The third-order valence-corrected chi connectivity index (χ3v) is 1.52. The number of aldehydes is 1. The highest BCUT2D eigenvalue weighted by atomic mass is 16.1. The van der Waals surface area contributed by atoms with Crippen molar-refractivity contribution in [2.75, 3.05) is 0 Å². The summed E-state index contributed by atoms with van der Waals surface area (Å²) in [6.07, 6.45) is 9.86. The number of hydrogen-bond acceptors (Lipinski definition) is 1. The van der Waals surface area contributed by atoms with E-state index >= 15 is 0 Å². The Morgan fingerprint density at radius 1 is 1.38 bits per heavy atom. The molecule has 0 fully saturated rings. The molecule has 0 aromatic heterocycles. The van der Waals surface area contributed by atoms with Gasteiger partial charge in [0.25, 0.3) is 0 Å². The molecule has 0 bridgehead atoms. The van der Waals surface area contributed by atoms with Gasteiger partial charge in [-0.2, -0.15) is 0 Å². The first-order chi connectivity index (χ1) is 6.22. The van der Waals surface area contributed by atoms with Crippen LogP contribution in [-0.2, 0) is 4.79 Å². The normalized spacial score (nSPS) is 14.0. The molecule has 78 valence electrons. The SMILES string of the molecule is CC1=CCCCC1.CC=O.CCC. The number of carbonyl (C=O) groups is 1. The fourth-order valence-electron chi connectivity index (χ4n) is 0.999. The van der Waals surface area contributed by atoms with E-state index < -0.39 is 0 Å². The van der Waals surface area contributed by atoms with Crippen molar-refractivity contribution in [1.82, 2.24) is 0 Å². The van der Waals surface area contributed by atoms with Crippen LogP contribution in [0.5, 0.6) is 0 Å². The summed E-state index contributed by atoms with van der Waals surface area (Å²) in [5, 5.41) is 0. The van der Waals surface area contributed by atoms with Crippen molar-refractivity contribution < 1.29 is 4.79 Å². The van der Waals surface area contributed by atoms with Crippen LogP contribution in [-0.4, -0.2) is 6.29 Å². The van der Waals surface area contributed by atoms with Gasteiger partial charge in [-0.25, -0.2) is 0 Å². The molecule has 1 heteroatoms. The summed E-state index contributed by atoms with van der Waals surface area (Å²) >= 11 is 0. The average molecular weight is 184 g/mol. The molecule has 0 aromatic rings. The summed E-state index contributed by atoms with van der Waals surface area (Å²) in [6.45, 7) is 7.92. The molecule has 1 rings (SSSR count). The molecule has 0 radical (unpaired) electrons. The van der Waals surface area contributed by atoms with Gasteiger partial charge in [-0.15, -0.1) is 0 Å². The van der Waals surface area contributed by atoms with Gasteiger partial charge in [0.15, 0.2) is 0 Å². The van der Waals surface area contributed by atoms with Gasteiger partial charge in [-0.05, 0) is 39.5 Å². The van der Waals surface area contributed by atoms with Gasteiger partial charge in [0.05, 0.1) is 0 Å². The summed E-state index contributed by atoms with van der Waals surface area (Å²) in [7, 11) is 0. The Morgan fingerprint density at radius 2 is 1.85 bits per heavy atom. The topological polar surface area (TPSA) is 17.1 Å². The van der Waals surface area contributed by atoms with Crippen molar-refractivity contribution in [1.29, 1.82) is 0 Å². The number of allylic oxidation sites excluding steroid dienone is 2. The zero-order valence-corrected chi connectivity index (χ0v) is 9.60. The Labute approximate surface area is 83.2 Å².